The monoisotopic (exact) mass is 577 g/mol. The summed E-state index contributed by atoms with van der Waals surface area (Å²) in [6.07, 6.45) is 0. The lowest BCUT2D eigenvalue weighted by atomic mass is 9.82. The molecule has 0 radical (unpaired) electrons. The smallest absolute Gasteiger partial charge is 0.0546 e. The standard InChI is InChI=1S/C44H35N/c1-30-15-7-10-20-35(30)39-27-32-18-8-9-19-33(32)28-43(39)45(42-24-14-12-21-36(42)31-16-5-4-6-17-31)34-25-26-38-37-22-11-13-23-40(37)44(2,3)41(38)29-34/h4-29H,1-3H3. The summed E-state index contributed by atoms with van der Waals surface area (Å²) in [5.41, 5.74) is 14.9. The Labute approximate surface area is 266 Å². The molecule has 0 heterocycles. The van der Waals surface area contributed by atoms with Gasteiger partial charge in [0, 0.05) is 22.2 Å². The lowest BCUT2D eigenvalue weighted by Gasteiger charge is -2.32. The van der Waals surface area contributed by atoms with Crippen LogP contribution in [0.1, 0.15) is 30.5 Å². The van der Waals surface area contributed by atoms with Crippen LogP contribution in [-0.4, -0.2) is 0 Å². The van der Waals surface area contributed by atoms with Crippen LogP contribution in [0.25, 0.3) is 44.2 Å². The van der Waals surface area contributed by atoms with E-state index in [4.69, 9.17) is 0 Å². The van der Waals surface area contributed by atoms with E-state index in [1.165, 1.54) is 66.5 Å². The summed E-state index contributed by atoms with van der Waals surface area (Å²) in [6.45, 7) is 6.93. The molecule has 0 saturated carbocycles. The normalized spacial score (nSPS) is 13.0. The average molecular weight is 578 g/mol. The maximum absolute atomic E-state index is 2.50. The van der Waals surface area contributed by atoms with Gasteiger partial charge in [0.1, 0.15) is 0 Å². The van der Waals surface area contributed by atoms with Crippen molar-refractivity contribution >= 4 is 27.8 Å². The van der Waals surface area contributed by atoms with Crippen molar-refractivity contribution in [2.24, 2.45) is 0 Å². The zero-order valence-corrected chi connectivity index (χ0v) is 26.0. The van der Waals surface area contributed by atoms with Gasteiger partial charge >= 0.3 is 0 Å². The maximum atomic E-state index is 2.50. The van der Waals surface area contributed by atoms with Gasteiger partial charge in [0.05, 0.1) is 11.4 Å². The molecule has 1 aliphatic rings. The van der Waals surface area contributed by atoms with E-state index in [-0.39, 0.29) is 5.41 Å². The minimum absolute atomic E-state index is 0.102. The molecular formula is C44H35N. The van der Waals surface area contributed by atoms with Crippen molar-refractivity contribution in [1.82, 2.24) is 0 Å². The highest BCUT2D eigenvalue weighted by molar-refractivity contribution is 6.01. The lowest BCUT2D eigenvalue weighted by Crippen LogP contribution is -2.17. The van der Waals surface area contributed by atoms with Gasteiger partial charge in [-0.05, 0) is 87.0 Å². The van der Waals surface area contributed by atoms with Gasteiger partial charge in [0.15, 0.2) is 0 Å². The topological polar surface area (TPSA) is 3.24 Å². The summed E-state index contributed by atoms with van der Waals surface area (Å²) in [6, 6.07) is 57.8. The Hall–Kier alpha value is -5.40. The second kappa shape index (κ2) is 10.6. The molecule has 216 valence electrons. The summed E-state index contributed by atoms with van der Waals surface area (Å²) >= 11 is 0. The van der Waals surface area contributed by atoms with E-state index in [9.17, 15) is 0 Å². The molecule has 0 amide bonds. The van der Waals surface area contributed by atoms with Crippen molar-refractivity contribution in [2.45, 2.75) is 26.2 Å². The van der Waals surface area contributed by atoms with Crippen molar-refractivity contribution in [1.29, 1.82) is 0 Å². The zero-order valence-electron chi connectivity index (χ0n) is 26.0. The van der Waals surface area contributed by atoms with Crippen LogP contribution in [0, 0.1) is 6.92 Å². The quantitative estimate of drug-likeness (QED) is 0.197. The van der Waals surface area contributed by atoms with Crippen LogP contribution in [0.5, 0.6) is 0 Å². The van der Waals surface area contributed by atoms with E-state index in [1.807, 2.05) is 0 Å². The van der Waals surface area contributed by atoms with Gasteiger partial charge in [-0.2, -0.15) is 0 Å². The van der Waals surface area contributed by atoms with E-state index in [2.05, 4.69) is 183 Å². The van der Waals surface area contributed by atoms with Crippen LogP contribution >= 0.6 is 0 Å². The number of nitrogens with zero attached hydrogens (tertiary/aromatic N) is 1. The molecule has 0 unspecified atom stereocenters. The third-order valence-corrected chi connectivity index (χ3v) is 9.60. The molecule has 0 aromatic heterocycles. The molecule has 0 atom stereocenters. The number of hydrogen-bond acceptors (Lipinski definition) is 1. The van der Waals surface area contributed by atoms with Gasteiger partial charge in [0.2, 0.25) is 0 Å². The zero-order chi connectivity index (χ0) is 30.5. The van der Waals surface area contributed by atoms with Crippen LogP contribution in [-0.2, 0) is 5.41 Å². The number of aryl methyl sites for hydroxylation is 1. The Morgan fingerprint density at radius 2 is 1.02 bits per heavy atom. The fourth-order valence-electron chi connectivity index (χ4n) is 7.27. The lowest BCUT2D eigenvalue weighted by molar-refractivity contribution is 0.660. The third kappa shape index (κ3) is 4.47. The first-order valence-corrected chi connectivity index (χ1v) is 15.8. The first kappa shape index (κ1) is 27.2. The fourth-order valence-corrected chi connectivity index (χ4v) is 7.27. The van der Waals surface area contributed by atoms with Crippen molar-refractivity contribution in [3.8, 4) is 33.4 Å². The number of benzene rings is 7. The molecule has 0 N–H and O–H groups in total. The number of rotatable bonds is 5. The van der Waals surface area contributed by atoms with Crippen molar-refractivity contribution < 1.29 is 0 Å². The highest BCUT2D eigenvalue weighted by Gasteiger charge is 2.36. The fraction of sp³-hybridized carbons (Fsp3) is 0.0909. The van der Waals surface area contributed by atoms with Crippen molar-refractivity contribution in [3.05, 3.63) is 174 Å². The Balaban J connectivity index is 1.45. The molecule has 0 spiro atoms. The average Bonchev–Trinajstić information content (AvgIpc) is 3.31. The molecule has 0 bridgehead atoms. The first-order chi connectivity index (χ1) is 22.0. The second-order valence-corrected chi connectivity index (χ2v) is 12.7. The number of anilines is 3. The van der Waals surface area contributed by atoms with Crippen LogP contribution in [0.4, 0.5) is 17.1 Å². The molecule has 8 rings (SSSR count). The molecule has 0 saturated heterocycles. The van der Waals surface area contributed by atoms with E-state index in [0.29, 0.717) is 0 Å². The van der Waals surface area contributed by atoms with E-state index < -0.39 is 0 Å². The molecule has 0 fully saturated rings. The van der Waals surface area contributed by atoms with Gasteiger partial charge in [0.25, 0.3) is 0 Å². The van der Waals surface area contributed by atoms with E-state index in [0.717, 1.165) is 11.4 Å². The van der Waals surface area contributed by atoms with E-state index >= 15 is 0 Å². The number of fused-ring (bicyclic) bond motifs is 4. The minimum atomic E-state index is -0.102. The van der Waals surface area contributed by atoms with Gasteiger partial charge in [-0.25, -0.2) is 0 Å². The molecule has 45 heavy (non-hydrogen) atoms. The van der Waals surface area contributed by atoms with Crippen LogP contribution in [0.3, 0.4) is 0 Å². The molecule has 1 aliphatic carbocycles. The molecule has 7 aromatic carbocycles. The van der Waals surface area contributed by atoms with Gasteiger partial charge in [-0.3, -0.25) is 0 Å². The summed E-state index contributed by atoms with van der Waals surface area (Å²) in [5, 5.41) is 2.46. The summed E-state index contributed by atoms with van der Waals surface area (Å²) in [5.74, 6) is 0. The number of para-hydroxylation sites is 1. The SMILES string of the molecule is Cc1ccccc1-c1cc2ccccc2cc1N(c1ccc2c(c1)C(C)(C)c1ccccc1-2)c1ccccc1-c1ccccc1. The van der Waals surface area contributed by atoms with Crippen LogP contribution in [0.15, 0.2) is 158 Å². The summed E-state index contributed by atoms with van der Waals surface area (Å²) < 4.78 is 0. The first-order valence-electron chi connectivity index (χ1n) is 15.8. The van der Waals surface area contributed by atoms with Crippen LogP contribution in [0.2, 0.25) is 0 Å². The number of hydrogen-bond donors (Lipinski definition) is 0. The summed E-state index contributed by atoms with van der Waals surface area (Å²) in [7, 11) is 0. The molecular weight excluding hydrogens is 542 g/mol. The van der Waals surface area contributed by atoms with Gasteiger partial charge < -0.3 is 4.90 Å². The Morgan fingerprint density at radius 3 is 1.80 bits per heavy atom. The van der Waals surface area contributed by atoms with Crippen molar-refractivity contribution in [2.75, 3.05) is 4.90 Å². The Bertz CT molecular complexity index is 2210. The molecule has 1 nitrogen and oxygen atoms in total. The minimum Gasteiger partial charge on any atom is -0.309 e. The molecule has 7 aromatic rings. The third-order valence-electron chi connectivity index (χ3n) is 9.60. The van der Waals surface area contributed by atoms with Gasteiger partial charge in [-0.1, -0.05) is 141 Å². The predicted octanol–water partition coefficient (Wildman–Crippen LogP) is 12.3. The molecule has 0 aliphatic heterocycles. The largest absolute Gasteiger partial charge is 0.309 e. The highest BCUT2D eigenvalue weighted by atomic mass is 15.1. The summed E-state index contributed by atoms with van der Waals surface area (Å²) in [4.78, 5) is 2.50. The van der Waals surface area contributed by atoms with Gasteiger partial charge in [-0.15, -0.1) is 0 Å². The Kier molecular flexibility index (Phi) is 6.43. The predicted molar refractivity (Wildman–Crippen MR) is 192 cm³/mol. The molecule has 1 heteroatoms. The highest BCUT2D eigenvalue weighted by Crippen LogP contribution is 2.52. The second-order valence-electron chi connectivity index (χ2n) is 12.7. The van der Waals surface area contributed by atoms with Crippen LogP contribution < -0.4 is 4.90 Å². The van der Waals surface area contributed by atoms with E-state index in [1.54, 1.807) is 0 Å². The maximum Gasteiger partial charge on any atom is 0.0546 e. The van der Waals surface area contributed by atoms with Crippen molar-refractivity contribution in [3.63, 3.8) is 0 Å². The Morgan fingerprint density at radius 1 is 0.422 bits per heavy atom.